The maximum Gasteiger partial charge on any atom is 0.257 e. The summed E-state index contributed by atoms with van der Waals surface area (Å²) in [6.07, 6.45) is 0. The minimum Gasteiger partial charge on any atom is -0.497 e. The van der Waals surface area contributed by atoms with Gasteiger partial charge in [-0.1, -0.05) is 41.4 Å². The van der Waals surface area contributed by atoms with E-state index in [0.717, 1.165) is 27.8 Å². The monoisotopic (exact) mass is 469 g/mol. The summed E-state index contributed by atoms with van der Waals surface area (Å²) in [5, 5.41) is 9.64. The van der Waals surface area contributed by atoms with Gasteiger partial charge in [-0.25, -0.2) is 4.98 Å². The van der Waals surface area contributed by atoms with Gasteiger partial charge < -0.3 is 15.4 Å². The van der Waals surface area contributed by atoms with Crippen LogP contribution in [0.4, 0.5) is 16.5 Å². The number of aromatic nitrogens is 1. The molecule has 0 aliphatic heterocycles. The van der Waals surface area contributed by atoms with Crippen LogP contribution in [0.1, 0.15) is 10.4 Å². The molecule has 4 aromatic rings. The second kappa shape index (κ2) is 9.39. The molecular formula is C23H17Cl2N3O2S. The molecule has 0 saturated carbocycles. The number of nitrogens with one attached hydrogen (secondary N) is 2. The summed E-state index contributed by atoms with van der Waals surface area (Å²) in [5.41, 5.74) is 3.57. The molecule has 1 aromatic heterocycles. The molecular weight excluding hydrogens is 453 g/mol. The van der Waals surface area contributed by atoms with Crippen LogP contribution in [0.15, 0.2) is 72.1 Å². The van der Waals surface area contributed by atoms with Gasteiger partial charge in [0.15, 0.2) is 5.13 Å². The highest BCUT2D eigenvalue weighted by Crippen LogP contribution is 2.30. The van der Waals surface area contributed by atoms with Crippen LogP contribution in [0.3, 0.4) is 0 Å². The molecule has 4 rings (SSSR count). The molecule has 0 saturated heterocycles. The molecule has 31 heavy (non-hydrogen) atoms. The van der Waals surface area contributed by atoms with Crippen LogP contribution in [0.2, 0.25) is 10.0 Å². The maximum atomic E-state index is 12.6. The highest BCUT2D eigenvalue weighted by Gasteiger charge is 2.12. The predicted octanol–water partition coefficient (Wildman–Crippen LogP) is 7.12. The van der Waals surface area contributed by atoms with E-state index in [-0.39, 0.29) is 5.91 Å². The standard InChI is InChI=1S/C23H17Cl2N3O2S/c1-30-18-7-3-6-17(12-18)27-23-28-21(13-31-23)14-4-2-5-16(10-14)26-22(29)19-9-8-15(24)11-20(19)25/h2-13H,1H3,(H,26,29)(H,27,28). The zero-order valence-corrected chi connectivity index (χ0v) is 18.7. The number of halogens is 2. The van der Waals surface area contributed by atoms with Crippen LogP contribution < -0.4 is 15.4 Å². The van der Waals surface area contributed by atoms with Crippen molar-refractivity contribution >= 4 is 57.0 Å². The van der Waals surface area contributed by atoms with Crippen LogP contribution in [0, 0.1) is 0 Å². The lowest BCUT2D eigenvalue weighted by atomic mass is 10.1. The molecule has 0 fully saturated rings. The fourth-order valence-electron chi connectivity index (χ4n) is 2.92. The van der Waals surface area contributed by atoms with E-state index in [4.69, 9.17) is 27.9 Å². The van der Waals surface area contributed by atoms with Gasteiger partial charge in [0, 0.05) is 33.4 Å². The Bertz CT molecular complexity index is 1240. The van der Waals surface area contributed by atoms with E-state index in [1.165, 1.54) is 11.3 Å². The Morgan fingerprint density at radius 2 is 1.81 bits per heavy atom. The van der Waals surface area contributed by atoms with Crippen LogP contribution in [0.5, 0.6) is 5.75 Å². The van der Waals surface area contributed by atoms with Crippen LogP contribution in [-0.4, -0.2) is 18.0 Å². The van der Waals surface area contributed by atoms with Crippen molar-refractivity contribution in [2.24, 2.45) is 0 Å². The Morgan fingerprint density at radius 3 is 2.61 bits per heavy atom. The second-order valence-corrected chi connectivity index (χ2v) is 8.26. The number of benzene rings is 3. The van der Waals surface area contributed by atoms with Crippen LogP contribution in [-0.2, 0) is 0 Å². The number of ether oxygens (including phenoxy) is 1. The molecule has 1 amide bonds. The SMILES string of the molecule is COc1cccc(Nc2nc(-c3cccc(NC(=O)c4ccc(Cl)cc4Cl)c3)cs2)c1. The topological polar surface area (TPSA) is 63.2 Å². The van der Waals surface area contributed by atoms with Crippen LogP contribution in [0.25, 0.3) is 11.3 Å². The molecule has 0 atom stereocenters. The first kappa shape index (κ1) is 21.2. The Morgan fingerprint density at radius 1 is 1.00 bits per heavy atom. The summed E-state index contributed by atoms with van der Waals surface area (Å²) in [5.74, 6) is 0.462. The first-order valence-corrected chi connectivity index (χ1v) is 10.9. The fraction of sp³-hybridized carbons (Fsp3) is 0.0435. The van der Waals surface area contributed by atoms with Gasteiger partial charge >= 0.3 is 0 Å². The molecule has 156 valence electrons. The Labute approximate surface area is 193 Å². The summed E-state index contributed by atoms with van der Waals surface area (Å²) in [6, 6.07) is 19.9. The Hall–Kier alpha value is -3.06. The Kier molecular flexibility index (Phi) is 6.42. The lowest BCUT2D eigenvalue weighted by molar-refractivity contribution is 0.102. The highest BCUT2D eigenvalue weighted by molar-refractivity contribution is 7.14. The number of methoxy groups -OCH3 is 1. The van der Waals surface area contributed by atoms with E-state index in [2.05, 4.69) is 15.6 Å². The summed E-state index contributed by atoms with van der Waals surface area (Å²) < 4.78 is 5.25. The molecule has 0 aliphatic carbocycles. The van der Waals surface area contributed by atoms with Gasteiger partial charge in [-0.3, -0.25) is 4.79 Å². The summed E-state index contributed by atoms with van der Waals surface area (Å²) in [6.45, 7) is 0. The average molecular weight is 470 g/mol. The minimum absolute atomic E-state index is 0.300. The van der Waals surface area contributed by atoms with E-state index < -0.39 is 0 Å². The quantitative estimate of drug-likeness (QED) is 0.315. The molecule has 0 bridgehead atoms. The molecule has 0 unspecified atom stereocenters. The second-order valence-electron chi connectivity index (χ2n) is 6.55. The highest BCUT2D eigenvalue weighted by atomic mass is 35.5. The number of carbonyl (C=O) groups is 1. The minimum atomic E-state index is -0.308. The van der Waals surface area contributed by atoms with Crippen molar-refractivity contribution in [1.29, 1.82) is 0 Å². The van der Waals surface area contributed by atoms with E-state index in [9.17, 15) is 4.79 Å². The summed E-state index contributed by atoms with van der Waals surface area (Å²) in [4.78, 5) is 17.2. The van der Waals surface area contributed by atoms with Gasteiger partial charge in [-0.05, 0) is 42.5 Å². The molecule has 1 heterocycles. The van der Waals surface area contributed by atoms with Crippen molar-refractivity contribution in [3.8, 4) is 17.0 Å². The molecule has 0 spiro atoms. The van der Waals surface area contributed by atoms with E-state index >= 15 is 0 Å². The Balaban J connectivity index is 1.50. The number of thiazole rings is 1. The van der Waals surface area contributed by atoms with Crippen molar-refractivity contribution < 1.29 is 9.53 Å². The number of nitrogens with zero attached hydrogens (tertiary/aromatic N) is 1. The van der Waals surface area contributed by atoms with Crippen LogP contribution >= 0.6 is 34.5 Å². The molecule has 3 aromatic carbocycles. The van der Waals surface area contributed by atoms with Gasteiger partial charge in [0.2, 0.25) is 0 Å². The molecule has 0 aliphatic rings. The van der Waals surface area contributed by atoms with Crippen molar-refractivity contribution in [2.75, 3.05) is 17.7 Å². The third-order valence-electron chi connectivity index (χ3n) is 4.42. The van der Waals surface area contributed by atoms with Crippen molar-refractivity contribution in [3.63, 3.8) is 0 Å². The number of hydrogen-bond donors (Lipinski definition) is 2. The third kappa shape index (κ3) is 5.17. The number of anilines is 3. The number of hydrogen-bond acceptors (Lipinski definition) is 5. The number of carbonyl (C=O) groups excluding carboxylic acids is 1. The first-order chi connectivity index (χ1) is 15.0. The molecule has 2 N–H and O–H groups in total. The van der Waals surface area contributed by atoms with Gasteiger partial charge in [0.25, 0.3) is 5.91 Å². The van der Waals surface area contributed by atoms with E-state index in [1.54, 1.807) is 25.3 Å². The molecule has 5 nitrogen and oxygen atoms in total. The van der Waals surface area contributed by atoms with Gasteiger partial charge in [0.05, 0.1) is 23.4 Å². The summed E-state index contributed by atoms with van der Waals surface area (Å²) >= 11 is 13.5. The largest absolute Gasteiger partial charge is 0.497 e. The lowest BCUT2D eigenvalue weighted by Crippen LogP contribution is -2.12. The lowest BCUT2D eigenvalue weighted by Gasteiger charge is -2.08. The van der Waals surface area contributed by atoms with Crippen molar-refractivity contribution in [2.45, 2.75) is 0 Å². The van der Waals surface area contributed by atoms with Gasteiger partial charge in [-0.15, -0.1) is 11.3 Å². The fourth-order valence-corrected chi connectivity index (χ4v) is 4.15. The average Bonchev–Trinajstić information content (AvgIpc) is 3.22. The van der Waals surface area contributed by atoms with E-state index in [0.29, 0.717) is 21.3 Å². The third-order valence-corrected chi connectivity index (χ3v) is 5.72. The smallest absolute Gasteiger partial charge is 0.257 e. The summed E-state index contributed by atoms with van der Waals surface area (Å²) in [7, 11) is 1.63. The molecule has 8 heteroatoms. The number of amides is 1. The predicted molar refractivity (Wildman–Crippen MR) is 128 cm³/mol. The van der Waals surface area contributed by atoms with Crippen molar-refractivity contribution in [1.82, 2.24) is 4.98 Å². The molecule has 0 radical (unpaired) electrons. The zero-order valence-electron chi connectivity index (χ0n) is 16.4. The first-order valence-electron chi connectivity index (χ1n) is 9.25. The number of rotatable bonds is 6. The maximum absolute atomic E-state index is 12.6. The normalized spacial score (nSPS) is 10.5. The van der Waals surface area contributed by atoms with Gasteiger partial charge in [0.1, 0.15) is 5.75 Å². The zero-order chi connectivity index (χ0) is 21.8. The van der Waals surface area contributed by atoms with Crippen molar-refractivity contribution in [3.05, 3.63) is 87.7 Å². The van der Waals surface area contributed by atoms with Gasteiger partial charge in [-0.2, -0.15) is 0 Å². The van der Waals surface area contributed by atoms with E-state index in [1.807, 2.05) is 53.9 Å².